The molecule has 0 saturated carbocycles. The third-order valence-corrected chi connectivity index (χ3v) is 3.53. The molecule has 0 aromatic heterocycles. The van der Waals surface area contributed by atoms with Crippen LogP contribution in [0.1, 0.15) is 0 Å². The third kappa shape index (κ3) is 1.90. The van der Waals surface area contributed by atoms with Gasteiger partial charge in [0.25, 0.3) is 0 Å². The molecule has 2 fully saturated rings. The fourth-order valence-corrected chi connectivity index (χ4v) is 2.39. The van der Waals surface area contributed by atoms with Crippen LogP contribution in [0.15, 0.2) is 0 Å². The first-order valence-corrected chi connectivity index (χ1v) is 5.32. The van der Waals surface area contributed by atoms with Gasteiger partial charge in [0.15, 0.2) is 5.79 Å². The largest absolute Gasteiger partial charge is 0.378 e. The summed E-state index contributed by atoms with van der Waals surface area (Å²) in [5.74, 6) is -0.388. The van der Waals surface area contributed by atoms with Crippen LogP contribution in [-0.2, 0) is 14.2 Å². The van der Waals surface area contributed by atoms with E-state index in [0.29, 0.717) is 6.04 Å². The number of likely N-dealkylation sites (tertiary alicyclic amines) is 1. The lowest BCUT2D eigenvalue weighted by Crippen LogP contribution is -2.68. The van der Waals surface area contributed by atoms with Crippen molar-refractivity contribution in [3.63, 3.8) is 0 Å². The summed E-state index contributed by atoms with van der Waals surface area (Å²) in [6.07, 6.45) is 0.289. The fraction of sp³-hybridized carbons (Fsp3) is 1.00. The normalized spacial score (nSPS) is 35.4. The summed E-state index contributed by atoms with van der Waals surface area (Å²) in [5.41, 5.74) is 0. The Morgan fingerprint density at radius 3 is 2.33 bits per heavy atom. The molecule has 0 aliphatic carbocycles. The molecule has 2 atom stereocenters. The van der Waals surface area contributed by atoms with Crippen molar-refractivity contribution < 1.29 is 14.2 Å². The number of nitrogens with zero attached hydrogens (tertiary/aromatic N) is 1. The zero-order chi connectivity index (χ0) is 10.9. The van der Waals surface area contributed by atoms with E-state index in [2.05, 4.69) is 10.2 Å². The average molecular weight is 216 g/mol. The fourth-order valence-electron chi connectivity index (χ4n) is 2.39. The minimum Gasteiger partial charge on any atom is -0.378 e. The van der Waals surface area contributed by atoms with Crippen LogP contribution in [0, 0.1) is 0 Å². The Morgan fingerprint density at radius 1 is 1.13 bits per heavy atom. The molecule has 2 aliphatic rings. The number of methoxy groups -OCH3 is 3. The van der Waals surface area contributed by atoms with Gasteiger partial charge in [-0.3, -0.25) is 4.90 Å². The van der Waals surface area contributed by atoms with Gasteiger partial charge in [-0.1, -0.05) is 0 Å². The Kier molecular flexibility index (Phi) is 3.27. The van der Waals surface area contributed by atoms with Crippen molar-refractivity contribution in [2.75, 3.05) is 47.5 Å². The second kappa shape index (κ2) is 4.35. The number of rotatable bonds is 4. The Hall–Kier alpha value is -0.200. The molecular formula is C10H20N2O3. The highest BCUT2D eigenvalue weighted by atomic mass is 16.7. The molecule has 1 N–H and O–H groups in total. The molecule has 0 amide bonds. The van der Waals surface area contributed by atoms with Gasteiger partial charge in [0, 0.05) is 40.5 Å². The lowest BCUT2D eigenvalue weighted by Gasteiger charge is -2.50. The summed E-state index contributed by atoms with van der Waals surface area (Å²) in [5, 5.41) is 3.34. The lowest BCUT2D eigenvalue weighted by molar-refractivity contribution is -0.284. The molecule has 5 nitrogen and oxygen atoms in total. The smallest absolute Gasteiger partial charge is 0.193 e. The van der Waals surface area contributed by atoms with Gasteiger partial charge in [-0.25, -0.2) is 0 Å². The SMILES string of the molecule is CO[C@H]1CNCC1N1CC(OC)(OC)C1. The van der Waals surface area contributed by atoms with Gasteiger partial charge in [-0.05, 0) is 0 Å². The van der Waals surface area contributed by atoms with Crippen molar-refractivity contribution >= 4 is 0 Å². The van der Waals surface area contributed by atoms with Gasteiger partial charge in [-0.15, -0.1) is 0 Å². The Morgan fingerprint density at radius 2 is 1.80 bits per heavy atom. The van der Waals surface area contributed by atoms with E-state index >= 15 is 0 Å². The van der Waals surface area contributed by atoms with Gasteiger partial charge in [0.2, 0.25) is 0 Å². The van der Waals surface area contributed by atoms with Crippen molar-refractivity contribution in [1.29, 1.82) is 0 Å². The van der Waals surface area contributed by atoms with E-state index in [4.69, 9.17) is 14.2 Å². The monoisotopic (exact) mass is 216 g/mol. The molecular weight excluding hydrogens is 196 g/mol. The summed E-state index contributed by atoms with van der Waals surface area (Å²) >= 11 is 0. The number of hydrogen-bond donors (Lipinski definition) is 1. The van der Waals surface area contributed by atoms with E-state index in [9.17, 15) is 0 Å². The van der Waals surface area contributed by atoms with E-state index in [1.807, 2.05) is 0 Å². The molecule has 2 heterocycles. The first-order chi connectivity index (χ1) is 7.24. The molecule has 0 bridgehead atoms. The lowest BCUT2D eigenvalue weighted by atomic mass is 10.0. The Balaban J connectivity index is 1.88. The van der Waals surface area contributed by atoms with Crippen molar-refractivity contribution in [3.05, 3.63) is 0 Å². The highest BCUT2D eigenvalue weighted by Gasteiger charge is 2.49. The molecule has 5 heteroatoms. The molecule has 0 spiro atoms. The molecule has 2 rings (SSSR count). The highest BCUT2D eigenvalue weighted by molar-refractivity contribution is 4.99. The molecule has 0 aromatic carbocycles. The summed E-state index contributed by atoms with van der Waals surface area (Å²) in [6.45, 7) is 3.57. The minimum absolute atomic E-state index is 0.289. The summed E-state index contributed by atoms with van der Waals surface area (Å²) in [7, 11) is 5.16. The minimum atomic E-state index is -0.388. The second-order valence-electron chi connectivity index (χ2n) is 4.22. The van der Waals surface area contributed by atoms with Crippen LogP contribution < -0.4 is 5.32 Å². The van der Waals surface area contributed by atoms with Crippen molar-refractivity contribution in [2.24, 2.45) is 0 Å². The first-order valence-electron chi connectivity index (χ1n) is 5.32. The van der Waals surface area contributed by atoms with Crippen LogP contribution in [0.2, 0.25) is 0 Å². The van der Waals surface area contributed by atoms with Crippen LogP contribution in [0.5, 0.6) is 0 Å². The van der Waals surface area contributed by atoms with Crippen molar-refractivity contribution in [2.45, 2.75) is 17.9 Å². The van der Waals surface area contributed by atoms with E-state index in [1.165, 1.54) is 0 Å². The Bertz CT molecular complexity index is 213. The van der Waals surface area contributed by atoms with E-state index in [0.717, 1.165) is 26.2 Å². The predicted octanol–water partition coefficient (Wildman–Crippen LogP) is -0.722. The summed E-state index contributed by atoms with van der Waals surface area (Å²) in [6, 6.07) is 0.452. The average Bonchev–Trinajstić information content (AvgIpc) is 2.66. The van der Waals surface area contributed by atoms with Gasteiger partial charge >= 0.3 is 0 Å². The zero-order valence-electron chi connectivity index (χ0n) is 9.66. The van der Waals surface area contributed by atoms with Gasteiger partial charge in [0.1, 0.15) is 0 Å². The first kappa shape index (κ1) is 11.3. The topological polar surface area (TPSA) is 43.0 Å². The van der Waals surface area contributed by atoms with Gasteiger partial charge in [0.05, 0.1) is 19.2 Å². The van der Waals surface area contributed by atoms with Gasteiger partial charge < -0.3 is 19.5 Å². The Labute approximate surface area is 90.7 Å². The molecule has 88 valence electrons. The maximum absolute atomic E-state index is 5.43. The van der Waals surface area contributed by atoms with Crippen LogP contribution in [-0.4, -0.2) is 70.3 Å². The molecule has 2 aliphatic heterocycles. The maximum Gasteiger partial charge on any atom is 0.193 e. The van der Waals surface area contributed by atoms with E-state index in [-0.39, 0.29) is 11.9 Å². The molecule has 15 heavy (non-hydrogen) atoms. The second-order valence-corrected chi connectivity index (χ2v) is 4.22. The van der Waals surface area contributed by atoms with Crippen LogP contribution in [0.25, 0.3) is 0 Å². The zero-order valence-corrected chi connectivity index (χ0v) is 9.66. The van der Waals surface area contributed by atoms with Gasteiger partial charge in [-0.2, -0.15) is 0 Å². The van der Waals surface area contributed by atoms with Crippen LogP contribution in [0.4, 0.5) is 0 Å². The number of nitrogens with one attached hydrogen (secondary N) is 1. The van der Waals surface area contributed by atoms with Crippen molar-refractivity contribution in [1.82, 2.24) is 10.2 Å². The predicted molar refractivity (Wildman–Crippen MR) is 55.8 cm³/mol. The maximum atomic E-state index is 5.43. The summed E-state index contributed by atoms with van der Waals surface area (Å²) in [4.78, 5) is 2.35. The van der Waals surface area contributed by atoms with Crippen LogP contribution >= 0.6 is 0 Å². The van der Waals surface area contributed by atoms with E-state index < -0.39 is 0 Å². The molecule has 0 aromatic rings. The number of hydrogen-bond acceptors (Lipinski definition) is 5. The highest BCUT2D eigenvalue weighted by Crippen LogP contribution is 2.29. The molecule has 1 unspecified atom stereocenters. The van der Waals surface area contributed by atoms with Crippen LogP contribution in [0.3, 0.4) is 0 Å². The molecule has 2 saturated heterocycles. The van der Waals surface area contributed by atoms with Crippen molar-refractivity contribution in [3.8, 4) is 0 Å². The van der Waals surface area contributed by atoms with E-state index in [1.54, 1.807) is 21.3 Å². The summed E-state index contributed by atoms with van der Waals surface area (Å²) < 4.78 is 16.1. The standard InChI is InChI=1S/C10H20N2O3/c1-13-9-5-11-4-8(9)12-6-10(7-12,14-2)15-3/h8-9,11H,4-7H2,1-3H3/t8?,9-/m0/s1. The molecule has 0 radical (unpaired) electrons. The quantitative estimate of drug-likeness (QED) is 0.628. The third-order valence-electron chi connectivity index (χ3n) is 3.53. The number of ether oxygens (including phenoxy) is 3.